The van der Waals surface area contributed by atoms with E-state index in [1.165, 1.54) is 49.6 Å². The van der Waals surface area contributed by atoms with Crippen LogP contribution in [0, 0.1) is 11.6 Å². The number of anilines is 2. The molecular formula is C29H27Cl2F2N4NaO5. The van der Waals surface area contributed by atoms with E-state index < -0.39 is 11.9 Å². The maximum absolute atomic E-state index is 13.1. The van der Waals surface area contributed by atoms with Crippen LogP contribution >= 0.6 is 23.2 Å². The number of benzene rings is 2. The van der Waals surface area contributed by atoms with Crippen LogP contribution in [-0.2, 0) is 17.6 Å². The summed E-state index contributed by atoms with van der Waals surface area (Å²) in [5.74, 6) is -1.58. The second kappa shape index (κ2) is 19.1. The van der Waals surface area contributed by atoms with Gasteiger partial charge < -0.3 is 26.0 Å². The van der Waals surface area contributed by atoms with Crippen LogP contribution in [0.15, 0.2) is 72.8 Å². The van der Waals surface area contributed by atoms with E-state index in [1.807, 2.05) is 6.07 Å². The zero-order chi connectivity index (χ0) is 29.8. The average Bonchev–Trinajstić information content (AvgIpc) is 2.93. The van der Waals surface area contributed by atoms with Crippen molar-refractivity contribution in [3.63, 3.8) is 0 Å². The van der Waals surface area contributed by atoms with E-state index in [-0.39, 0.29) is 68.4 Å². The molecule has 0 unspecified atom stereocenters. The number of carbonyl (C=O) groups is 2. The number of hydrogen-bond donors (Lipinski definition) is 3. The van der Waals surface area contributed by atoms with Gasteiger partial charge in [-0.05, 0) is 72.5 Å². The molecule has 222 valence electrons. The Balaban J connectivity index is 0.000000411. The fourth-order valence-electron chi connectivity index (χ4n) is 3.62. The molecule has 14 heteroatoms. The monoisotopic (exact) mass is 642 g/mol. The molecule has 0 aliphatic rings. The standard InChI is InChI=1S/C15H14ClFN2O2.C14H12ClFN2O2.Na.H2O/c1-21-15(20)12-5-6-13(16)19-14(12)18-8-7-10-3-2-4-11(17)9-10;15-12-5-4-11(14(19)20)13(18-12)17-7-6-9-2-1-3-10(16)8-9;;/h2-6,9H,7-8H2,1H3,(H,18,19);1-5,8H,6-7H2,(H,17,18)(H,19,20);;1H2/q;;+1;/p-1. The molecule has 4 N–H and O–H groups in total. The fourth-order valence-corrected chi connectivity index (χ4v) is 3.92. The predicted molar refractivity (Wildman–Crippen MR) is 156 cm³/mol. The van der Waals surface area contributed by atoms with Gasteiger partial charge in [0.15, 0.2) is 0 Å². The van der Waals surface area contributed by atoms with Crippen LogP contribution in [0.3, 0.4) is 0 Å². The summed E-state index contributed by atoms with van der Waals surface area (Å²) in [5, 5.41) is 15.4. The molecule has 0 radical (unpaired) electrons. The smallest absolute Gasteiger partial charge is 0.870 e. The number of carboxylic acid groups (broad SMARTS) is 1. The molecule has 0 aliphatic carbocycles. The summed E-state index contributed by atoms with van der Waals surface area (Å²) in [5.41, 5.74) is 2.02. The van der Waals surface area contributed by atoms with E-state index >= 15 is 0 Å². The molecule has 0 bridgehead atoms. The Morgan fingerprint density at radius 3 is 1.65 bits per heavy atom. The van der Waals surface area contributed by atoms with Crippen molar-refractivity contribution >= 4 is 46.8 Å². The van der Waals surface area contributed by atoms with Gasteiger partial charge in [-0.25, -0.2) is 28.3 Å². The molecule has 4 rings (SSSR count). The molecule has 2 heterocycles. The SMILES string of the molecule is COC(=O)c1ccc(Cl)nc1NCCc1cccc(F)c1.O=C(O)c1ccc(Cl)nc1NCCc1cccc(F)c1.[Na+].[OH-]. The van der Waals surface area contributed by atoms with Gasteiger partial charge >= 0.3 is 41.5 Å². The van der Waals surface area contributed by atoms with Gasteiger partial charge in [0.25, 0.3) is 0 Å². The Bertz CT molecular complexity index is 1520. The number of methoxy groups -OCH3 is 1. The first-order chi connectivity index (χ1) is 19.7. The number of esters is 1. The minimum Gasteiger partial charge on any atom is -0.870 e. The molecule has 2 aromatic carbocycles. The van der Waals surface area contributed by atoms with Gasteiger partial charge in [-0.2, -0.15) is 0 Å². The fraction of sp³-hybridized carbons (Fsp3) is 0.172. The third kappa shape index (κ3) is 12.4. The Kier molecular flexibility index (Phi) is 16.7. The third-order valence-electron chi connectivity index (χ3n) is 5.55. The van der Waals surface area contributed by atoms with Crippen molar-refractivity contribution in [2.24, 2.45) is 0 Å². The maximum atomic E-state index is 13.1. The van der Waals surface area contributed by atoms with E-state index in [0.29, 0.717) is 37.3 Å². The number of carbonyl (C=O) groups excluding carboxylic acids is 1. The molecule has 0 saturated carbocycles. The van der Waals surface area contributed by atoms with Crippen molar-refractivity contribution in [3.05, 3.63) is 117 Å². The van der Waals surface area contributed by atoms with Crippen molar-refractivity contribution in [1.82, 2.24) is 9.97 Å². The number of hydrogen-bond acceptors (Lipinski definition) is 8. The van der Waals surface area contributed by atoms with E-state index in [0.717, 1.165) is 11.1 Å². The number of nitrogens with zero attached hydrogens (tertiary/aromatic N) is 2. The first-order valence-corrected chi connectivity index (χ1v) is 13.0. The number of nitrogens with one attached hydrogen (secondary N) is 2. The number of pyridine rings is 2. The molecule has 43 heavy (non-hydrogen) atoms. The first kappa shape index (κ1) is 37.7. The van der Waals surface area contributed by atoms with Crippen molar-refractivity contribution in [1.29, 1.82) is 0 Å². The van der Waals surface area contributed by atoms with Crippen LogP contribution in [0.25, 0.3) is 0 Å². The number of aromatic carboxylic acids is 1. The van der Waals surface area contributed by atoms with E-state index in [1.54, 1.807) is 24.3 Å². The second-order valence-electron chi connectivity index (χ2n) is 8.47. The Labute approximate surface area is 279 Å². The Morgan fingerprint density at radius 1 is 0.791 bits per heavy atom. The maximum Gasteiger partial charge on any atom is 1.00 e. The van der Waals surface area contributed by atoms with E-state index in [4.69, 9.17) is 28.3 Å². The van der Waals surface area contributed by atoms with E-state index in [9.17, 15) is 18.4 Å². The summed E-state index contributed by atoms with van der Waals surface area (Å²) >= 11 is 11.6. The van der Waals surface area contributed by atoms with Gasteiger partial charge in [-0.3, -0.25) is 0 Å². The summed E-state index contributed by atoms with van der Waals surface area (Å²) < 4.78 is 30.8. The van der Waals surface area contributed by atoms with Crippen molar-refractivity contribution < 1.29 is 63.2 Å². The quantitative estimate of drug-likeness (QED) is 0.135. The van der Waals surface area contributed by atoms with Gasteiger partial charge in [-0.1, -0.05) is 47.5 Å². The van der Waals surface area contributed by atoms with Gasteiger partial charge in [0, 0.05) is 13.1 Å². The molecule has 9 nitrogen and oxygen atoms in total. The number of ether oxygens (including phenoxy) is 1. The van der Waals surface area contributed by atoms with Gasteiger partial charge in [0.2, 0.25) is 0 Å². The molecule has 0 spiro atoms. The topological polar surface area (TPSA) is 143 Å². The molecule has 0 aliphatic heterocycles. The molecule has 0 amide bonds. The Morgan fingerprint density at radius 2 is 1.23 bits per heavy atom. The van der Waals surface area contributed by atoms with Gasteiger partial charge in [-0.15, -0.1) is 0 Å². The van der Waals surface area contributed by atoms with Crippen LogP contribution in [0.2, 0.25) is 10.3 Å². The van der Waals surface area contributed by atoms with Gasteiger partial charge in [0.05, 0.1) is 7.11 Å². The molecule has 0 fully saturated rings. The minimum absolute atomic E-state index is 0. The summed E-state index contributed by atoms with van der Waals surface area (Å²) in [4.78, 5) is 30.7. The third-order valence-corrected chi connectivity index (χ3v) is 5.97. The summed E-state index contributed by atoms with van der Waals surface area (Å²) in [7, 11) is 1.30. The summed E-state index contributed by atoms with van der Waals surface area (Å²) in [6.07, 6.45) is 1.14. The summed E-state index contributed by atoms with van der Waals surface area (Å²) in [6, 6.07) is 18.5. The number of halogens is 4. The minimum atomic E-state index is -1.08. The molecule has 2 aromatic heterocycles. The van der Waals surface area contributed by atoms with Crippen LogP contribution < -0.4 is 40.2 Å². The zero-order valence-electron chi connectivity index (χ0n) is 23.3. The molecular weight excluding hydrogens is 616 g/mol. The second-order valence-corrected chi connectivity index (χ2v) is 9.24. The zero-order valence-corrected chi connectivity index (χ0v) is 26.8. The predicted octanol–water partition coefficient (Wildman–Crippen LogP) is 3.37. The van der Waals surface area contributed by atoms with Crippen LogP contribution in [0.5, 0.6) is 0 Å². The molecule has 4 aromatic rings. The molecule has 0 saturated heterocycles. The molecule has 0 atom stereocenters. The number of rotatable bonds is 10. The van der Waals surface area contributed by atoms with Crippen LogP contribution in [0.4, 0.5) is 20.4 Å². The summed E-state index contributed by atoms with van der Waals surface area (Å²) in [6.45, 7) is 0.915. The van der Waals surface area contributed by atoms with Crippen molar-refractivity contribution in [2.75, 3.05) is 30.8 Å². The normalized spacial score (nSPS) is 9.79. The van der Waals surface area contributed by atoms with E-state index in [2.05, 4.69) is 25.3 Å². The van der Waals surface area contributed by atoms with Crippen LogP contribution in [0.1, 0.15) is 31.8 Å². The number of carboxylic acids is 1. The van der Waals surface area contributed by atoms with Crippen LogP contribution in [-0.4, -0.2) is 52.7 Å². The number of aromatic nitrogens is 2. The largest absolute Gasteiger partial charge is 1.00 e. The van der Waals surface area contributed by atoms with Crippen molar-refractivity contribution in [3.8, 4) is 0 Å². The first-order valence-electron chi connectivity index (χ1n) is 12.3. The van der Waals surface area contributed by atoms with Gasteiger partial charge in [0.1, 0.15) is 44.7 Å². The Hall–Kier alpha value is -3.32. The van der Waals surface area contributed by atoms with Crippen molar-refractivity contribution in [2.45, 2.75) is 12.8 Å². The average molecular weight is 643 g/mol.